The van der Waals surface area contributed by atoms with Crippen LogP contribution in [-0.2, 0) is 6.54 Å². The molecule has 1 saturated heterocycles. The fourth-order valence-corrected chi connectivity index (χ4v) is 3.10. The van der Waals surface area contributed by atoms with Gasteiger partial charge in [-0.05, 0) is 79.2 Å². The van der Waals surface area contributed by atoms with Crippen molar-refractivity contribution in [3.05, 3.63) is 32.4 Å². The Morgan fingerprint density at radius 3 is 2.83 bits per heavy atom. The summed E-state index contributed by atoms with van der Waals surface area (Å²) in [4.78, 5) is 2.54. The molecule has 1 heterocycles. The van der Waals surface area contributed by atoms with Crippen LogP contribution in [0.2, 0.25) is 5.02 Å². The summed E-state index contributed by atoms with van der Waals surface area (Å²) >= 11 is 8.40. The van der Waals surface area contributed by atoms with Gasteiger partial charge >= 0.3 is 0 Å². The maximum atomic E-state index is 6.03. The predicted molar refractivity (Wildman–Crippen MR) is 86.1 cm³/mol. The standard InChI is InChI=1S/C14H20ClIN2/c1-11(10-18-6-2-3-7-18)17-9-12-8-13(15)4-5-14(12)16/h4-5,8,11,17H,2-3,6-7,9-10H2,1H3. The van der Waals surface area contributed by atoms with Crippen molar-refractivity contribution in [2.24, 2.45) is 0 Å². The van der Waals surface area contributed by atoms with Crippen molar-refractivity contribution in [1.82, 2.24) is 10.2 Å². The Morgan fingerprint density at radius 2 is 2.11 bits per heavy atom. The van der Waals surface area contributed by atoms with E-state index < -0.39 is 0 Å². The van der Waals surface area contributed by atoms with Gasteiger partial charge in [0.15, 0.2) is 0 Å². The first-order valence-electron chi connectivity index (χ1n) is 6.55. The molecule has 1 aliphatic rings. The Labute approximate surface area is 128 Å². The smallest absolute Gasteiger partial charge is 0.0409 e. The van der Waals surface area contributed by atoms with Gasteiger partial charge in [-0.2, -0.15) is 0 Å². The summed E-state index contributed by atoms with van der Waals surface area (Å²) in [5, 5.41) is 4.41. The van der Waals surface area contributed by atoms with Crippen LogP contribution in [-0.4, -0.2) is 30.6 Å². The van der Waals surface area contributed by atoms with E-state index in [1.807, 2.05) is 6.07 Å². The molecule has 1 atom stereocenters. The first kappa shape index (κ1) is 14.6. The minimum Gasteiger partial charge on any atom is -0.309 e. The van der Waals surface area contributed by atoms with E-state index in [0.29, 0.717) is 6.04 Å². The number of rotatable bonds is 5. The first-order valence-corrected chi connectivity index (χ1v) is 8.00. The van der Waals surface area contributed by atoms with Crippen LogP contribution >= 0.6 is 34.2 Å². The highest BCUT2D eigenvalue weighted by Gasteiger charge is 2.14. The highest BCUT2D eigenvalue weighted by Crippen LogP contribution is 2.18. The first-order chi connectivity index (χ1) is 8.65. The highest BCUT2D eigenvalue weighted by molar-refractivity contribution is 14.1. The van der Waals surface area contributed by atoms with Crippen LogP contribution in [0, 0.1) is 3.57 Å². The summed E-state index contributed by atoms with van der Waals surface area (Å²) in [6.45, 7) is 6.84. The van der Waals surface area contributed by atoms with E-state index >= 15 is 0 Å². The molecule has 18 heavy (non-hydrogen) atoms. The van der Waals surface area contributed by atoms with Gasteiger partial charge in [-0.1, -0.05) is 11.6 Å². The Bertz CT molecular complexity index is 391. The number of benzene rings is 1. The zero-order chi connectivity index (χ0) is 13.0. The van der Waals surface area contributed by atoms with Crippen LogP contribution in [0.4, 0.5) is 0 Å². The van der Waals surface area contributed by atoms with Crippen molar-refractivity contribution in [2.75, 3.05) is 19.6 Å². The second-order valence-electron chi connectivity index (χ2n) is 5.03. The van der Waals surface area contributed by atoms with Gasteiger partial charge in [0.25, 0.3) is 0 Å². The van der Waals surface area contributed by atoms with Crippen molar-refractivity contribution in [3.8, 4) is 0 Å². The summed E-state index contributed by atoms with van der Waals surface area (Å²) in [5.74, 6) is 0. The van der Waals surface area contributed by atoms with E-state index in [1.165, 1.54) is 35.1 Å². The molecule has 1 N–H and O–H groups in total. The normalized spacial score (nSPS) is 18.2. The molecule has 0 amide bonds. The molecular weight excluding hydrogens is 359 g/mol. The number of halogens is 2. The third-order valence-electron chi connectivity index (χ3n) is 3.38. The molecule has 100 valence electrons. The van der Waals surface area contributed by atoms with Gasteiger partial charge in [0.1, 0.15) is 0 Å². The fraction of sp³-hybridized carbons (Fsp3) is 0.571. The molecule has 1 fully saturated rings. The van der Waals surface area contributed by atoms with Crippen LogP contribution in [0.15, 0.2) is 18.2 Å². The van der Waals surface area contributed by atoms with Gasteiger partial charge in [-0.25, -0.2) is 0 Å². The number of hydrogen-bond donors (Lipinski definition) is 1. The number of nitrogens with one attached hydrogen (secondary N) is 1. The molecule has 4 heteroatoms. The van der Waals surface area contributed by atoms with Crippen molar-refractivity contribution in [1.29, 1.82) is 0 Å². The molecule has 0 aromatic heterocycles. The van der Waals surface area contributed by atoms with Gasteiger partial charge in [-0.3, -0.25) is 0 Å². The Morgan fingerprint density at radius 1 is 1.39 bits per heavy atom. The maximum Gasteiger partial charge on any atom is 0.0409 e. The van der Waals surface area contributed by atoms with E-state index in [1.54, 1.807) is 0 Å². The third-order valence-corrected chi connectivity index (χ3v) is 4.67. The predicted octanol–water partition coefficient (Wildman–Crippen LogP) is 3.52. The van der Waals surface area contributed by atoms with E-state index in [-0.39, 0.29) is 0 Å². The van der Waals surface area contributed by atoms with Crippen LogP contribution in [0.25, 0.3) is 0 Å². The van der Waals surface area contributed by atoms with Crippen LogP contribution in [0.1, 0.15) is 25.3 Å². The highest BCUT2D eigenvalue weighted by atomic mass is 127. The SMILES string of the molecule is CC(CN1CCCC1)NCc1cc(Cl)ccc1I. The molecule has 1 unspecified atom stereocenters. The van der Waals surface area contributed by atoms with Gasteiger partial charge in [0, 0.05) is 27.7 Å². The fourth-order valence-electron chi connectivity index (χ4n) is 2.38. The zero-order valence-electron chi connectivity index (χ0n) is 10.8. The minimum atomic E-state index is 0.526. The van der Waals surface area contributed by atoms with Crippen LogP contribution < -0.4 is 5.32 Å². The number of hydrogen-bond acceptors (Lipinski definition) is 2. The number of likely N-dealkylation sites (tertiary alicyclic amines) is 1. The molecule has 0 aliphatic carbocycles. The van der Waals surface area contributed by atoms with Gasteiger partial charge in [-0.15, -0.1) is 0 Å². The number of nitrogens with zero attached hydrogens (tertiary/aromatic N) is 1. The summed E-state index contributed by atoms with van der Waals surface area (Å²) in [5.41, 5.74) is 1.29. The van der Waals surface area contributed by atoms with Gasteiger partial charge < -0.3 is 10.2 Å². The molecule has 0 radical (unpaired) electrons. The minimum absolute atomic E-state index is 0.526. The second-order valence-corrected chi connectivity index (χ2v) is 6.62. The van der Waals surface area contributed by atoms with Crippen molar-refractivity contribution in [2.45, 2.75) is 32.4 Å². The zero-order valence-corrected chi connectivity index (χ0v) is 13.7. The Kier molecular flexibility index (Phi) is 5.73. The molecule has 2 nitrogen and oxygen atoms in total. The largest absolute Gasteiger partial charge is 0.309 e. The van der Waals surface area contributed by atoms with Gasteiger partial charge in [0.2, 0.25) is 0 Å². The third kappa shape index (κ3) is 4.37. The summed E-state index contributed by atoms with van der Waals surface area (Å²) < 4.78 is 1.28. The lowest BCUT2D eigenvalue weighted by molar-refractivity contribution is 0.298. The van der Waals surface area contributed by atoms with E-state index in [9.17, 15) is 0 Å². The molecule has 0 spiro atoms. The van der Waals surface area contributed by atoms with Crippen molar-refractivity contribution >= 4 is 34.2 Å². The van der Waals surface area contributed by atoms with E-state index in [0.717, 1.165) is 18.1 Å². The summed E-state index contributed by atoms with van der Waals surface area (Å²) in [7, 11) is 0. The topological polar surface area (TPSA) is 15.3 Å². The average Bonchev–Trinajstić information content (AvgIpc) is 2.83. The van der Waals surface area contributed by atoms with Crippen molar-refractivity contribution < 1.29 is 0 Å². The Hall–Kier alpha value is 0.160. The maximum absolute atomic E-state index is 6.03. The average molecular weight is 379 g/mol. The molecule has 0 saturated carbocycles. The van der Waals surface area contributed by atoms with E-state index in [4.69, 9.17) is 11.6 Å². The molecule has 2 rings (SSSR count). The second kappa shape index (κ2) is 7.08. The summed E-state index contributed by atoms with van der Waals surface area (Å²) in [6, 6.07) is 6.60. The monoisotopic (exact) mass is 378 g/mol. The molecule has 1 aliphatic heterocycles. The lowest BCUT2D eigenvalue weighted by Gasteiger charge is -2.21. The van der Waals surface area contributed by atoms with E-state index in [2.05, 4.69) is 51.9 Å². The lowest BCUT2D eigenvalue weighted by atomic mass is 10.2. The Balaban J connectivity index is 1.81. The molecule has 1 aromatic carbocycles. The molecular formula is C14H20ClIN2. The van der Waals surface area contributed by atoms with Crippen LogP contribution in [0.3, 0.4) is 0 Å². The van der Waals surface area contributed by atoms with Gasteiger partial charge in [0.05, 0.1) is 0 Å². The molecule has 1 aromatic rings. The van der Waals surface area contributed by atoms with Crippen molar-refractivity contribution in [3.63, 3.8) is 0 Å². The molecule has 0 bridgehead atoms. The quantitative estimate of drug-likeness (QED) is 0.789. The van der Waals surface area contributed by atoms with Crippen LogP contribution in [0.5, 0.6) is 0 Å². The summed E-state index contributed by atoms with van der Waals surface area (Å²) in [6.07, 6.45) is 2.72. The lowest BCUT2D eigenvalue weighted by Crippen LogP contribution is -2.37.